The van der Waals surface area contributed by atoms with Gasteiger partial charge in [0.1, 0.15) is 5.69 Å². The van der Waals surface area contributed by atoms with Gasteiger partial charge in [-0.05, 0) is 25.0 Å². The Kier molecular flexibility index (Phi) is 2.80. The molecule has 0 aliphatic heterocycles. The molecule has 0 amide bonds. The van der Waals surface area contributed by atoms with Gasteiger partial charge < -0.3 is 4.74 Å². The molecule has 72 valence electrons. The minimum absolute atomic E-state index is 0.197. The molecule has 1 rings (SSSR count). The van der Waals surface area contributed by atoms with Crippen LogP contribution < -0.4 is 4.74 Å². The number of rotatable bonds is 2. The second-order valence-electron chi connectivity index (χ2n) is 2.79. The third-order valence-corrected chi connectivity index (χ3v) is 1.96. The second kappa shape index (κ2) is 3.68. The van der Waals surface area contributed by atoms with Crippen LogP contribution in [-0.2, 0) is 0 Å². The molecule has 0 unspecified atom stereocenters. The quantitative estimate of drug-likeness (QED) is 0.710. The fourth-order valence-corrected chi connectivity index (χ4v) is 1.05. The van der Waals surface area contributed by atoms with E-state index in [9.17, 15) is 8.78 Å². The average Bonchev–Trinajstić information content (AvgIpc) is 2.09. The molecule has 0 spiro atoms. The van der Waals surface area contributed by atoms with Gasteiger partial charge in [-0.25, -0.2) is 13.8 Å². The summed E-state index contributed by atoms with van der Waals surface area (Å²) in [7, 11) is 1.41. The fraction of sp³-hybridized carbons (Fsp3) is 0.444. The summed E-state index contributed by atoms with van der Waals surface area (Å²) in [6.45, 7) is 3.38. The summed E-state index contributed by atoms with van der Waals surface area (Å²) < 4.78 is 29.6. The lowest BCUT2D eigenvalue weighted by Crippen LogP contribution is -1.99. The molecule has 0 aromatic carbocycles. The molecule has 0 saturated heterocycles. The van der Waals surface area contributed by atoms with E-state index in [1.807, 2.05) is 0 Å². The van der Waals surface area contributed by atoms with E-state index in [4.69, 9.17) is 4.74 Å². The van der Waals surface area contributed by atoms with Crippen molar-refractivity contribution in [3.63, 3.8) is 0 Å². The van der Waals surface area contributed by atoms with Crippen molar-refractivity contribution in [1.29, 1.82) is 0 Å². The first-order valence-electron chi connectivity index (χ1n) is 3.86. The molecule has 1 heterocycles. The van der Waals surface area contributed by atoms with E-state index in [-0.39, 0.29) is 11.6 Å². The minimum Gasteiger partial charge on any atom is -0.481 e. The minimum atomic E-state index is -2.55. The molecule has 2 nitrogen and oxygen atoms in total. The van der Waals surface area contributed by atoms with Crippen LogP contribution in [0.15, 0.2) is 6.07 Å². The summed E-state index contributed by atoms with van der Waals surface area (Å²) in [4.78, 5) is 3.68. The maximum Gasteiger partial charge on any atom is 0.280 e. The summed E-state index contributed by atoms with van der Waals surface area (Å²) in [6.07, 6.45) is -2.55. The van der Waals surface area contributed by atoms with Crippen LogP contribution in [0.5, 0.6) is 5.88 Å². The Morgan fingerprint density at radius 2 is 2.00 bits per heavy atom. The van der Waals surface area contributed by atoms with E-state index >= 15 is 0 Å². The fourth-order valence-electron chi connectivity index (χ4n) is 1.05. The van der Waals surface area contributed by atoms with Crippen molar-refractivity contribution in [1.82, 2.24) is 4.98 Å². The molecule has 0 fully saturated rings. The van der Waals surface area contributed by atoms with E-state index in [1.165, 1.54) is 7.11 Å². The molecule has 0 radical (unpaired) electrons. The van der Waals surface area contributed by atoms with Crippen molar-refractivity contribution in [3.05, 3.63) is 22.9 Å². The first kappa shape index (κ1) is 9.89. The number of ether oxygens (including phenoxy) is 1. The molecule has 0 saturated carbocycles. The largest absolute Gasteiger partial charge is 0.481 e. The Balaban J connectivity index is 3.25. The number of aryl methyl sites for hydroxylation is 1. The summed E-state index contributed by atoms with van der Waals surface area (Å²) in [5.41, 5.74) is 1.09. The number of aromatic nitrogens is 1. The predicted octanol–water partition coefficient (Wildman–Crippen LogP) is 2.64. The third kappa shape index (κ3) is 1.94. The molecule has 0 aliphatic rings. The van der Waals surface area contributed by atoms with E-state index in [0.717, 1.165) is 5.56 Å². The van der Waals surface area contributed by atoms with E-state index in [1.54, 1.807) is 19.9 Å². The topological polar surface area (TPSA) is 22.1 Å². The zero-order valence-electron chi connectivity index (χ0n) is 7.77. The lowest BCUT2D eigenvalue weighted by molar-refractivity contribution is 0.144. The van der Waals surface area contributed by atoms with Gasteiger partial charge in [-0.2, -0.15) is 0 Å². The molecule has 0 atom stereocenters. The summed E-state index contributed by atoms with van der Waals surface area (Å²) in [5.74, 6) is 0.235. The molecule has 1 aromatic rings. The van der Waals surface area contributed by atoms with Crippen LogP contribution in [0.3, 0.4) is 0 Å². The van der Waals surface area contributed by atoms with Crippen LogP contribution in [0.4, 0.5) is 8.78 Å². The smallest absolute Gasteiger partial charge is 0.280 e. The van der Waals surface area contributed by atoms with Crippen molar-refractivity contribution >= 4 is 0 Å². The standard InChI is InChI=1S/C9H11F2NO/c1-5-4-7(13-3)12-8(6(5)2)9(10)11/h4,9H,1-3H3. The highest BCUT2D eigenvalue weighted by Gasteiger charge is 2.15. The van der Waals surface area contributed by atoms with E-state index in [2.05, 4.69) is 4.98 Å². The van der Waals surface area contributed by atoms with Gasteiger partial charge in [-0.1, -0.05) is 0 Å². The van der Waals surface area contributed by atoms with Gasteiger partial charge in [0.2, 0.25) is 5.88 Å². The van der Waals surface area contributed by atoms with E-state index < -0.39 is 6.43 Å². The average molecular weight is 187 g/mol. The summed E-state index contributed by atoms with van der Waals surface area (Å²) in [6, 6.07) is 1.64. The van der Waals surface area contributed by atoms with Gasteiger partial charge in [0, 0.05) is 6.07 Å². The Labute approximate surface area is 75.6 Å². The van der Waals surface area contributed by atoms with Crippen LogP contribution in [0.2, 0.25) is 0 Å². The number of hydrogen-bond acceptors (Lipinski definition) is 2. The first-order chi connectivity index (χ1) is 6.06. The molecule has 4 heteroatoms. The lowest BCUT2D eigenvalue weighted by Gasteiger charge is -2.08. The molecule has 0 bridgehead atoms. The molecule has 0 aliphatic carbocycles. The molecular formula is C9H11F2NO. The van der Waals surface area contributed by atoms with Crippen molar-refractivity contribution in [2.45, 2.75) is 20.3 Å². The first-order valence-corrected chi connectivity index (χ1v) is 3.86. The zero-order valence-corrected chi connectivity index (χ0v) is 7.77. The van der Waals surface area contributed by atoms with Crippen LogP contribution >= 0.6 is 0 Å². The van der Waals surface area contributed by atoms with Crippen LogP contribution in [0, 0.1) is 13.8 Å². The van der Waals surface area contributed by atoms with Crippen molar-refractivity contribution in [3.8, 4) is 5.88 Å². The van der Waals surface area contributed by atoms with Crippen molar-refractivity contribution < 1.29 is 13.5 Å². The number of nitrogens with zero attached hydrogens (tertiary/aromatic N) is 1. The van der Waals surface area contributed by atoms with Crippen molar-refractivity contribution in [2.75, 3.05) is 7.11 Å². The monoisotopic (exact) mass is 187 g/mol. The Bertz CT molecular complexity index is 313. The maximum absolute atomic E-state index is 12.4. The number of hydrogen-bond donors (Lipinski definition) is 0. The number of alkyl halides is 2. The molecule has 13 heavy (non-hydrogen) atoms. The Morgan fingerprint density at radius 1 is 1.38 bits per heavy atom. The number of halogens is 2. The van der Waals surface area contributed by atoms with Crippen LogP contribution in [0.25, 0.3) is 0 Å². The molecule has 0 N–H and O–H groups in total. The van der Waals surface area contributed by atoms with E-state index in [0.29, 0.717) is 5.56 Å². The highest BCUT2D eigenvalue weighted by atomic mass is 19.3. The van der Waals surface area contributed by atoms with Gasteiger partial charge in [0.25, 0.3) is 6.43 Å². The van der Waals surface area contributed by atoms with Gasteiger partial charge >= 0.3 is 0 Å². The van der Waals surface area contributed by atoms with Gasteiger partial charge in [-0.3, -0.25) is 0 Å². The molecule has 1 aromatic heterocycles. The highest BCUT2D eigenvalue weighted by molar-refractivity contribution is 5.33. The van der Waals surface area contributed by atoms with Crippen LogP contribution in [-0.4, -0.2) is 12.1 Å². The lowest BCUT2D eigenvalue weighted by atomic mass is 10.1. The number of methoxy groups -OCH3 is 1. The van der Waals surface area contributed by atoms with Gasteiger partial charge in [0.05, 0.1) is 7.11 Å². The predicted molar refractivity (Wildman–Crippen MR) is 45.2 cm³/mol. The van der Waals surface area contributed by atoms with Gasteiger partial charge in [0.15, 0.2) is 0 Å². The third-order valence-electron chi connectivity index (χ3n) is 1.96. The zero-order chi connectivity index (χ0) is 10.0. The summed E-state index contributed by atoms with van der Waals surface area (Å²) in [5, 5.41) is 0. The number of pyridine rings is 1. The maximum atomic E-state index is 12.4. The highest BCUT2D eigenvalue weighted by Crippen LogP contribution is 2.25. The Morgan fingerprint density at radius 3 is 2.46 bits per heavy atom. The van der Waals surface area contributed by atoms with Crippen molar-refractivity contribution in [2.24, 2.45) is 0 Å². The van der Waals surface area contributed by atoms with Gasteiger partial charge in [-0.15, -0.1) is 0 Å². The second-order valence-corrected chi connectivity index (χ2v) is 2.79. The SMILES string of the molecule is COc1cc(C)c(C)c(C(F)F)n1. The molecular weight excluding hydrogens is 176 g/mol. The van der Waals surface area contributed by atoms with Crippen LogP contribution in [0.1, 0.15) is 23.2 Å². The Hall–Kier alpha value is -1.19. The summed E-state index contributed by atoms with van der Waals surface area (Å²) >= 11 is 0. The normalized spacial score (nSPS) is 10.6.